The molecule has 0 spiro atoms. The van der Waals surface area contributed by atoms with Gasteiger partial charge in [0.25, 0.3) is 0 Å². The largest absolute Gasteiger partial charge is 0.464 e. The summed E-state index contributed by atoms with van der Waals surface area (Å²) in [7, 11) is 0. The maximum atomic E-state index is 5.90. The number of furan rings is 2. The van der Waals surface area contributed by atoms with E-state index in [-0.39, 0.29) is 0 Å². The lowest BCUT2D eigenvalue weighted by Gasteiger charge is -2.03. The van der Waals surface area contributed by atoms with Crippen LogP contribution in [-0.2, 0) is 0 Å². The van der Waals surface area contributed by atoms with Crippen LogP contribution in [-0.4, -0.2) is 0 Å². The molecular formula is C24H14O2. The van der Waals surface area contributed by atoms with Crippen molar-refractivity contribution in [3.05, 3.63) is 85.3 Å². The maximum absolute atomic E-state index is 5.90. The quantitative estimate of drug-likeness (QED) is 0.319. The molecule has 26 heavy (non-hydrogen) atoms. The zero-order valence-corrected chi connectivity index (χ0v) is 13.9. The van der Waals surface area contributed by atoms with Crippen LogP contribution in [0.25, 0.3) is 54.6 Å². The average molecular weight is 334 g/mol. The van der Waals surface area contributed by atoms with E-state index in [2.05, 4.69) is 60.7 Å². The monoisotopic (exact) mass is 334 g/mol. The molecule has 6 rings (SSSR count). The first-order valence-electron chi connectivity index (χ1n) is 8.68. The molecule has 0 N–H and O–H groups in total. The minimum Gasteiger partial charge on any atom is -0.464 e. The molecule has 4 aromatic carbocycles. The van der Waals surface area contributed by atoms with Crippen molar-refractivity contribution in [3.63, 3.8) is 0 Å². The van der Waals surface area contributed by atoms with E-state index in [1.165, 1.54) is 21.5 Å². The second kappa shape index (κ2) is 4.99. The van der Waals surface area contributed by atoms with Crippen LogP contribution in [0.5, 0.6) is 0 Å². The van der Waals surface area contributed by atoms with Crippen LogP contribution in [0.3, 0.4) is 0 Å². The van der Waals surface area contributed by atoms with E-state index in [1.54, 1.807) is 0 Å². The molecule has 2 heteroatoms. The number of rotatable bonds is 1. The first-order valence-corrected chi connectivity index (χ1v) is 8.68. The Kier molecular flexibility index (Phi) is 2.64. The lowest BCUT2D eigenvalue weighted by molar-refractivity contribution is 0.612. The molecule has 2 heterocycles. The van der Waals surface area contributed by atoms with Crippen molar-refractivity contribution < 1.29 is 8.83 Å². The summed E-state index contributed by atoms with van der Waals surface area (Å²) in [6, 6.07) is 25.1. The van der Waals surface area contributed by atoms with Crippen LogP contribution in [0.2, 0.25) is 0 Å². The normalized spacial score (nSPS) is 11.8. The minimum absolute atomic E-state index is 0.897. The van der Waals surface area contributed by atoms with E-state index < -0.39 is 0 Å². The van der Waals surface area contributed by atoms with Crippen molar-refractivity contribution in [2.75, 3.05) is 0 Å². The molecule has 122 valence electrons. The standard InChI is InChI=1S/C24H14O2/c1-3-7-17-15(5-1)9-11-21-23(17)19(13-25-21)20-14-26-22-12-10-16-6-2-4-8-18(16)24(20)22/h1-14H. The van der Waals surface area contributed by atoms with Crippen molar-refractivity contribution in [1.82, 2.24) is 0 Å². The summed E-state index contributed by atoms with van der Waals surface area (Å²) in [6.07, 6.45) is 3.70. The van der Waals surface area contributed by atoms with Gasteiger partial charge in [-0.3, -0.25) is 0 Å². The maximum Gasteiger partial charge on any atom is 0.135 e. The fourth-order valence-corrected chi connectivity index (χ4v) is 4.01. The van der Waals surface area contributed by atoms with Crippen LogP contribution < -0.4 is 0 Å². The Balaban J connectivity index is 1.79. The molecule has 0 saturated heterocycles. The van der Waals surface area contributed by atoms with E-state index >= 15 is 0 Å². The first-order chi connectivity index (χ1) is 12.9. The third kappa shape index (κ3) is 1.76. The fraction of sp³-hybridized carbons (Fsp3) is 0. The van der Waals surface area contributed by atoms with Gasteiger partial charge in [0.15, 0.2) is 0 Å². The molecular weight excluding hydrogens is 320 g/mol. The Labute approximate surface area is 149 Å². The van der Waals surface area contributed by atoms with Crippen molar-refractivity contribution in [1.29, 1.82) is 0 Å². The Morgan fingerprint density at radius 3 is 1.42 bits per heavy atom. The smallest absolute Gasteiger partial charge is 0.135 e. The predicted molar refractivity (Wildman–Crippen MR) is 106 cm³/mol. The lowest BCUT2D eigenvalue weighted by Crippen LogP contribution is -1.79. The van der Waals surface area contributed by atoms with E-state index in [1.807, 2.05) is 24.7 Å². The molecule has 6 aromatic rings. The Morgan fingerprint density at radius 2 is 0.923 bits per heavy atom. The molecule has 0 saturated carbocycles. The fourth-order valence-electron chi connectivity index (χ4n) is 4.01. The molecule has 0 aliphatic carbocycles. The Bertz CT molecular complexity index is 1320. The number of hydrogen-bond donors (Lipinski definition) is 0. The third-order valence-electron chi connectivity index (χ3n) is 5.22. The van der Waals surface area contributed by atoms with Gasteiger partial charge in [-0.2, -0.15) is 0 Å². The highest BCUT2D eigenvalue weighted by Gasteiger charge is 2.17. The Hall–Kier alpha value is -3.52. The summed E-state index contributed by atoms with van der Waals surface area (Å²) < 4.78 is 11.8. The zero-order chi connectivity index (χ0) is 17.1. The molecule has 0 aliphatic rings. The highest BCUT2D eigenvalue weighted by molar-refractivity contribution is 6.19. The van der Waals surface area contributed by atoms with Crippen LogP contribution in [0.1, 0.15) is 0 Å². The average Bonchev–Trinajstić information content (AvgIpc) is 3.32. The summed E-state index contributed by atoms with van der Waals surface area (Å²) in [5.74, 6) is 0. The van der Waals surface area contributed by atoms with Gasteiger partial charge in [0.05, 0.1) is 12.5 Å². The van der Waals surface area contributed by atoms with Gasteiger partial charge >= 0.3 is 0 Å². The van der Waals surface area contributed by atoms with Crippen molar-refractivity contribution in [2.24, 2.45) is 0 Å². The van der Waals surface area contributed by atoms with Crippen LogP contribution >= 0.6 is 0 Å². The van der Waals surface area contributed by atoms with E-state index in [0.717, 1.165) is 33.1 Å². The van der Waals surface area contributed by atoms with E-state index in [4.69, 9.17) is 8.83 Å². The minimum atomic E-state index is 0.897. The second-order valence-corrected chi connectivity index (χ2v) is 6.62. The number of benzene rings is 4. The van der Waals surface area contributed by atoms with Crippen LogP contribution in [0.4, 0.5) is 0 Å². The molecule has 2 nitrogen and oxygen atoms in total. The zero-order valence-electron chi connectivity index (χ0n) is 13.9. The molecule has 0 amide bonds. The summed E-state index contributed by atoms with van der Waals surface area (Å²) in [4.78, 5) is 0. The van der Waals surface area contributed by atoms with Crippen molar-refractivity contribution in [2.45, 2.75) is 0 Å². The van der Waals surface area contributed by atoms with Gasteiger partial charge in [0.2, 0.25) is 0 Å². The van der Waals surface area contributed by atoms with Gasteiger partial charge in [-0.05, 0) is 33.7 Å². The molecule has 0 aliphatic heterocycles. The lowest BCUT2D eigenvalue weighted by atomic mass is 9.97. The van der Waals surface area contributed by atoms with Gasteiger partial charge in [0.1, 0.15) is 11.2 Å². The summed E-state index contributed by atoms with van der Waals surface area (Å²) >= 11 is 0. The van der Waals surface area contributed by atoms with Crippen molar-refractivity contribution in [3.8, 4) is 11.1 Å². The molecule has 0 radical (unpaired) electrons. The summed E-state index contributed by atoms with van der Waals surface area (Å²) in [5.41, 5.74) is 3.94. The SMILES string of the molecule is c1ccc2c(c1)ccc1occ(-c3coc4ccc5ccccc5c34)c12. The topological polar surface area (TPSA) is 26.3 Å². The van der Waals surface area contributed by atoms with E-state index in [0.29, 0.717) is 0 Å². The molecule has 0 fully saturated rings. The second-order valence-electron chi connectivity index (χ2n) is 6.62. The number of fused-ring (bicyclic) bond motifs is 6. The van der Waals surface area contributed by atoms with Gasteiger partial charge in [-0.15, -0.1) is 0 Å². The van der Waals surface area contributed by atoms with Gasteiger partial charge in [-0.1, -0.05) is 60.7 Å². The predicted octanol–water partition coefficient (Wildman–Crippen LogP) is 7.15. The highest BCUT2D eigenvalue weighted by Crippen LogP contribution is 2.41. The molecule has 0 bridgehead atoms. The van der Waals surface area contributed by atoms with Gasteiger partial charge in [0, 0.05) is 21.9 Å². The van der Waals surface area contributed by atoms with Crippen molar-refractivity contribution >= 4 is 43.5 Å². The molecule has 0 unspecified atom stereocenters. The number of hydrogen-bond acceptors (Lipinski definition) is 2. The van der Waals surface area contributed by atoms with E-state index in [9.17, 15) is 0 Å². The van der Waals surface area contributed by atoms with Crippen LogP contribution in [0, 0.1) is 0 Å². The highest BCUT2D eigenvalue weighted by atomic mass is 16.3. The van der Waals surface area contributed by atoms with Gasteiger partial charge < -0.3 is 8.83 Å². The van der Waals surface area contributed by atoms with Gasteiger partial charge in [-0.25, -0.2) is 0 Å². The third-order valence-corrected chi connectivity index (χ3v) is 5.22. The summed E-state index contributed by atoms with van der Waals surface area (Å²) in [5, 5.41) is 7.09. The summed E-state index contributed by atoms with van der Waals surface area (Å²) in [6.45, 7) is 0. The molecule has 0 atom stereocenters. The van der Waals surface area contributed by atoms with Crippen LogP contribution in [0.15, 0.2) is 94.2 Å². The first kappa shape index (κ1) is 13.7. The molecule has 2 aromatic heterocycles. The Morgan fingerprint density at radius 1 is 0.462 bits per heavy atom.